The van der Waals surface area contributed by atoms with E-state index in [2.05, 4.69) is 0 Å². The predicted octanol–water partition coefficient (Wildman–Crippen LogP) is -1.42. The van der Waals surface area contributed by atoms with Gasteiger partial charge in [-0.05, 0) is 0 Å². The highest BCUT2D eigenvalue weighted by atomic mass is 32.3. The first-order valence-corrected chi connectivity index (χ1v) is 4.57. The van der Waals surface area contributed by atoms with E-state index < -0.39 is 24.4 Å². The SMILES string of the molecule is O=NN(S(=O)(=O)O)S(=O)(=O)O. The van der Waals surface area contributed by atoms with Crippen molar-refractivity contribution < 1.29 is 25.9 Å². The van der Waals surface area contributed by atoms with E-state index in [9.17, 15) is 21.7 Å². The van der Waals surface area contributed by atoms with Crippen molar-refractivity contribution in [2.75, 3.05) is 0 Å². The molecule has 11 heteroatoms. The Kier molecular flexibility index (Phi) is 2.50. The standard InChI is InChI=1S/H2N2O7S2/c3-1-2(10(4,5)6)11(7,8)9/h(H,4,5,6)(H,7,8,9). The average molecular weight is 206 g/mol. The second kappa shape index (κ2) is 2.69. The lowest BCUT2D eigenvalue weighted by molar-refractivity contribution is 0.388. The van der Waals surface area contributed by atoms with E-state index in [1.165, 1.54) is 5.29 Å². The molecule has 0 aromatic heterocycles. The third kappa shape index (κ3) is 2.75. The molecule has 0 atom stereocenters. The summed E-state index contributed by atoms with van der Waals surface area (Å²) in [7, 11) is -10.7. The fourth-order valence-corrected chi connectivity index (χ4v) is 1.32. The Balaban J connectivity index is 5.21. The van der Waals surface area contributed by atoms with Crippen LogP contribution in [0, 0.1) is 4.91 Å². The van der Waals surface area contributed by atoms with Gasteiger partial charge in [-0.3, -0.25) is 9.11 Å². The van der Waals surface area contributed by atoms with Crippen LogP contribution in [0.1, 0.15) is 0 Å². The zero-order valence-electron chi connectivity index (χ0n) is 4.65. The van der Waals surface area contributed by atoms with Crippen molar-refractivity contribution in [2.45, 2.75) is 0 Å². The van der Waals surface area contributed by atoms with Gasteiger partial charge in [-0.1, -0.05) is 0 Å². The number of nitroso groups, excluding NO2 is 1. The van der Waals surface area contributed by atoms with Gasteiger partial charge in [0, 0.05) is 3.82 Å². The number of hydrogen-bond acceptors (Lipinski definition) is 6. The maximum atomic E-state index is 9.86. The van der Waals surface area contributed by atoms with Crippen LogP contribution in [0.25, 0.3) is 0 Å². The molecule has 0 heterocycles. The Morgan fingerprint density at radius 1 is 1.00 bits per heavy atom. The van der Waals surface area contributed by atoms with E-state index in [1.807, 2.05) is 0 Å². The molecule has 0 saturated heterocycles. The molecule has 0 unspecified atom stereocenters. The van der Waals surface area contributed by atoms with E-state index in [0.717, 1.165) is 0 Å². The van der Waals surface area contributed by atoms with Crippen molar-refractivity contribution in [3.05, 3.63) is 4.91 Å². The molecule has 0 saturated carbocycles. The van der Waals surface area contributed by atoms with Gasteiger partial charge in [0.15, 0.2) is 0 Å². The van der Waals surface area contributed by atoms with Crippen LogP contribution in [0.2, 0.25) is 0 Å². The Hall–Kier alpha value is -0.780. The fourth-order valence-electron chi connectivity index (χ4n) is 0.203. The Morgan fingerprint density at radius 3 is 1.27 bits per heavy atom. The summed E-state index contributed by atoms with van der Waals surface area (Å²) in [5.74, 6) is 0. The fraction of sp³-hybridized carbons (Fsp3) is 0. The highest BCUT2D eigenvalue weighted by molar-refractivity contribution is 7.98. The molecule has 0 aliphatic rings. The first-order valence-electron chi connectivity index (χ1n) is 1.78. The molecule has 2 N–H and O–H groups in total. The second-order valence-electron chi connectivity index (χ2n) is 1.22. The maximum absolute atomic E-state index is 9.86. The van der Waals surface area contributed by atoms with Crippen LogP contribution < -0.4 is 0 Å². The minimum atomic E-state index is -5.36. The molecule has 0 rings (SSSR count). The lowest BCUT2D eigenvalue weighted by Crippen LogP contribution is -2.30. The minimum absolute atomic E-state index is 1.34. The molecular weight excluding hydrogens is 204 g/mol. The molecule has 0 aliphatic carbocycles. The summed E-state index contributed by atoms with van der Waals surface area (Å²) >= 11 is 0. The van der Waals surface area contributed by atoms with Crippen molar-refractivity contribution in [3.8, 4) is 0 Å². The van der Waals surface area contributed by atoms with E-state index in [1.54, 1.807) is 0 Å². The molecule has 0 radical (unpaired) electrons. The van der Waals surface area contributed by atoms with Crippen LogP contribution in [-0.4, -0.2) is 29.8 Å². The van der Waals surface area contributed by atoms with Crippen molar-refractivity contribution in [2.24, 2.45) is 5.29 Å². The molecule has 66 valence electrons. The van der Waals surface area contributed by atoms with Crippen molar-refractivity contribution >= 4 is 20.6 Å². The highest BCUT2D eigenvalue weighted by Gasteiger charge is 2.30. The predicted molar refractivity (Wildman–Crippen MR) is 30.7 cm³/mol. The van der Waals surface area contributed by atoms with Crippen molar-refractivity contribution in [1.82, 2.24) is 3.82 Å². The molecule has 0 bridgehead atoms. The highest BCUT2D eigenvalue weighted by Crippen LogP contribution is 2.03. The molecule has 0 aromatic carbocycles. The van der Waals surface area contributed by atoms with Crippen molar-refractivity contribution in [1.29, 1.82) is 0 Å². The van der Waals surface area contributed by atoms with Gasteiger partial charge in [-0.25, -0.2) is 0 Å². The third-order valence-electron chi connectivity index (χ3n) is 0.461. The smallest absolute Gasteiger partial charge is 0.267 e. The van der Waals surface area contributed by atoms with Crippen molar-refractivity contribution in [3.63, 3.8) is 0 Å². The Bertz CT molecular complexity index is 301. The average Bonchev–Trinajstić information content (AvgIpc) is 1.56. The normalized spacial score (nSPS) is 12.5. The molecule has 0 spiro atoms. The third-order valence-corrected chi connectivity index (χ3v) is 2.51. The summed E-state index contributed by atoms with van der Waals surface area (Å²) in [6.07, 6.45) is 0. The van der Waals surface area contributed by atoms with E-state index in [0.29, 0.717) is 0 Å². The van der Waals surface area contributed by atoms with Crippen LogP contribution in [0.4, 0.5) is 0 Å². The van der Waals surface area contributed by atoms with Gasteiger partial charge in [-0.2, -0.15) is 16.8 Å². The molecule has 11 heavy (non-hydrogen) atoms. The zero-order chi connectivity index (χ0) is 9.28. The summed E-state index contributed by atoms with van der Waals surface area (Å²) in [5.41, 5.74) is 0. The zero-order valence-corrected chi connectivity index (χ0v) is 6.28. The Morgan fingerprint density at radius 2 is 1.27 bits per heavy atom. The van der Waals surface area contributed by atoms with Gasteiger partial charge in [-0.15, -0.1) is 4.91 Å². The van der Waals surface area contributed by atoms with Gasteiger partial charge < -0.3 is 0 Å². The quantitative estimate of drug-likeness (QED) is 0.327. The number of nitrogens with zero attached hydrogens (tertiary/aromatic N) is 2. The molecular formula is H2N2O7S2. The molecule has 9 nitrogen and oxygen atoms in total. The minimum Gasteiger partial charge on any atom is -0.267 e. The van der Waals surface area contributed by atoms with E-state index >= 15 is 0 Å². The first-order chi connectivity index (χ1) is 4.69. The second-order valence-corrected chi connectivity index (χ2v) is 3.93. The lowest BCUT2D eigenvalue weighted by Gasteiger charge is -2.04. The van der Waals surface area contributed by atoms with Gasteiger partial charge >= 0.3 is 20.6 Å². The summed E-state index contributed by atoms with van der Waals surface area (Å²) in [4.78, 5) is 9.40. The topological polar surface area (TPSA) is 141 Å². The van der Waals surface area contributed by atoms with Crippen LogP contribution in [0.15, 0.2) is 5.29 Å². The van der Waals surface area contributed by atoms with Crippen LogP contribution in [0.5, 0.6) is 0 Å². The van der Waals surface area contributed by atoms with Crippen LogP contribution in [0.3, 0.4) is 0 Å². The molecule has 0 amide bonds. The van der Waals surface area contributed by atoms with Gasteiger partial charge in [0.1, 0.15) is 0 Å². The maximum Gasteiger partial charge on any atom is 0.393 e. The Labute approximate surface area is 61.3 Å². The number of hydrogen-bond donors (Lipinski definition) is 2. The van der Waals surface area contributed by atoms with E-state index in [4.69, 9.17) is 9.11 Å². The van der Waals surface area contributed by atoms with Gasteiger partial charge in [0.25, 0.3) is 0 Å². The first kappa shape index (κ1) is 10.2. The van der Waals surface area contributed by atoms with E-state index in [-0.39, 0.29) is 0 Å². The molecule has 0 aromatic rings. The van der Waals surface area contributed by atoms with Crippen LogP contribution >= 0.6 is 0 Å². The lowest BCUT2D eigenvalue weighted by atomic mass is 12.9. The summed E-state index contributed by atoms with van der Waals surface area (Å²) in [6, 6.07) is 0. The number of rotatable bonds is 3. The summed E-state index contributed by atoms with van der Waals surface area (Å²) in [6.45, 7) is 0. The molecule has 0 aliphatic heterocycles. The summed E-state index contributed by atoms with van der Waals surface area (Å²) < 4.78 is 53.8. The largest absolute Gasteiger partial charge is 0.393 e. The molecule has 0 fully saturated rings. The van der Waals surface area contributed by atoms with Crippen LogP contribution in [-0.2, 0) is 20.6 Å². The monoisotopic (exact) mass is 206 g/mol. The van der Waals surface area contributed by atoms with Gasteiger partial charge in [0.05, 0.1) is 5.29 Å². The summed E-state index contributed by atoms with van der Waals surface area (Å²) in [5, 5.41) is 1.34. The van der Waals surface area contributed by atoms with Gasteiger partial charge in [0.2, 0.25) is 0 Å².